The van der Waals surface area contributed by atoms with Gasteiger partial charge in [0.2, 0.25) is 5.16 Å². The third-order valence-electron chi connectivity index (χ3n) is 1.81. The van der Waals surface area contributed by atoms with Crippen molar-refractivity contribution in [1.29, 1.82) is 0 Å². The Kier molecular flexibility index (Phi) is 5.06. The quantitative estimate of drug-likeness (QED) is 0.409. The van der Waals surface area contributed by atoms with Gasteiger partial charge < -0.3 is 15.3 Å². The number of nitrogens with two attached hydrogens (primary N) is 1. The lowest BCUT2D eigenvalue weighted by atomic mass is 10.4. The molecule has 1 rings (SSSR count). The minimum absolute atomic E-state index is 0.163. The average Bonchev–Trinajstić information content (AvgIpc) is 2.64. The highest BCUT2D eigenvalue weighted by atomic mass is 32.2. The molecule has 0 unspecified atom stereocenters. The molecule has 0 aromatic carbocycles. The molecular weight excluding hydrogens is 232 g/mol. The van der Waals surface area contributed by atoms with Crippen LogP contribution in [0.25, 0.3) is 0 Å². The van der Waals surface area contributed by atoms with Gasteiger partial charge in [0.1, 0.15) is 0 Å². The number of ether oxygens (including phenoxy) is 2. The van der Waals surface area contributed by atoms with E-state index in [0.717, 1.165) is 0 Å². The summed E-state index contributed by atoms with van der Waals surface area (Å²) in [4.78, 5) is 10.9. The number of nitrogen functional groups attached to an aromatic ring is 1. The number of carbonyl (C=O) groups is 1. The van der Waals surface area contributed by atoms with Gasteiger partial charge in [-0.2, -0.15) is 0 Å². The monoisotopic (exact) mass is 246 g/mol. The van der Waals surface area contributed by atoms with E-state index in [2.05, 4.69) is 14.9 Å². The normalized spacial score (nSPS) is 10.4. The molecule has 0 amide bonds. The standard InChI is InChI=1S/C8H14N4O3S/c1-14-4-3-6-10-11-8(12(6)9)16-5-7(13)15-2/h3-5,9H2,1-2H3. The number of carbonyl (C=O) groups excluding carboxylic acids is 1. The van der Waals surface area contributed by atoms with Crippen LogP contribution in [-0.4, -0.2) is 47.4 Å². The molecule has 2 N–H and O–H groups in total. The molecule has 1 heterocycles. The number of thioether (sulfide) groups is 1. The first kappa shape index (κ1) is 12.8. The van der Waals surface area contributed by atoms with Crippen molar-refractivity contribution in [3.8, 4) is 0 Å². The molecule has 1 aromatic heterocycles. The molecule has 0 radical (unpaired) electrons. The van der Waals surface area contributed by atoms with Crippen LogP contribution in [0.1, 0.15) is 5.82 Å². The molecular formula is C8H14N4O3S. The highest BCUT2D eigenvalue weighted by Gasteiger charge is 2.11. The molecule has 0 bridgehead atoms. The number of nitrogens with zero attached hydrogens (tertiary/aromatic N) is 3. The minimum Gasteiger partial charge on any atom is -0.468 e. The van der Waals surface area contributed by atoms with Crippen molar-refractivity contribution in [2.75, 3.05) is 32.4 Å². The fraction of sp³-hybridized carbons (Fsp3) is 0.625. The molecule has 7 nitrogen and oxygen atoms in total. The van der Waals surface area contributed by atoms with E-state index in [1.807, 2.05) is 0 Å². The molecule has 1 aromatic rings. The van der Waals surface area contributed by atoms with E-state index in [1.54, 1.807) is 7.11 Å². The minimum atomic E-state index is -0.327. The van der Waals surface area contributed by atoms with Crippen molar-refractivity contribution in [3.63, 3.8) is 0 Å². The van der Waals surface area contributed by atoms with Gasteiger partial charge in [0, 0.05) is 13.5 Å². The van der Waals surface area contributed by atoms with Crippen molar-refractivity contribution in [1.82, 2.24) is 14.9 Å². The molecule has 0 aliphatic carbocycles. The van der Waals surface area contributed by atoms with E-state index < -0.39 is 0 Å². The molecule has 0 aliphatic heterocycles. The molecule has 0 saturated heterocycles. The predicted octanol–water partition coefficient (Wildman–Crippen LogP) is -0.554. The number of hydrogen-bond donors (Lipinski definition) is 1. The van der Waals surface area contributed by atoms with Crippen LogP contribution >= 0.6 is 11.8 Å². The van der Waals surface area contributed by atoms with Gasteiger partial charge in [-0.1, -0.05) is 11.8 Å². The van der Waals surface area contributed by atoms with Gasteiger partial charge in [-0.3, -0.25) is 4.79 Å². The molecule has 0 spiro atoms. The van der Waals surface area contributed by atoms with E-state index in [9.17, 15) is 4.79 Å². The van der Waals surface area contributed by atoms with E-state index in [-0.39, 0.29) is 11.7 Å². The maximum absolute atomic E-state index is 10.9. The maximum atomic E-state index is 10.9. The van der Waals surface area contributed by atoms with Crippen molar-refractivity contribution < 1.29 is 14.3 Å². The van der Waals surface area contributed by atoms with E-state index in [1.165, 1.54) is 23.5 Å². The molecule has 0 atom stereocenters. The van der Waals surface area contributed by atoms with Crippen molar-refractivity contribution in [3.05, 3.63) is 5.82 Å². The Morgan fingerprint density at radius 1 is 1.50 bits per heavy atom. The first-order chi connectivity index (χ1) is 7.69. The summed E-state index contributed by atoms with van der Waals surface area (Å²) in [6.07, 6.45) is 0.582. The zero-order valence-corrected chi connectivity index (χ0v) is 9.99. The Hall–Kier alpha value is -1.28. The fourth-order valence-corrected chi connectivity index (χ4v) is 1.66. The number of hydrogen-bond acceptors (Lipinski definition) is 7. The van der Waals surface area contributed by atoms with Gasteiger partial charge in [0.15, 0.2) is 5.82 Å². The molecule has 16 heavy (non-hydrogen) atoms. The molecule has 0 saturated carbocycles. The Labute approximate surface area is 97.3 Å². The molecule has 0 aliphatic rings. The summed E-state index contributed by atoms with van der Waals surface area (Å²) in [5, 5.41) is 8.24. The second-order valence-corrected chi connectivity index (χ2v) is 3.82. The Bertz CT molecular complexity index is 355. The van der Waals surface area contributed by atoms with Gasteiger partial charge >= 0.3 is 5.97 Å². The lowest BCUT2D eigenvalue weighted by Crippen LogP contribution is -2.16. The predicted molar refractivity (Wildman–Crippen MR) is 58.5 cm³/mol. The van der Waals surface area contributed by atoms with Crippen molar-refractivity contribution in [2.24, 2.45) is 0 Å². The van der Waals surface area contributed by atoms with Crippen LogP contribution in [0.5, 0.6) is 0 Å². The van der Waals surface area contributed by atoms with Gasteiger partial charge in [-0.05, 0) is 0 Å². The maximum Gasteiger partial charge on any atom is 0.316 e. The number of rotatable bonds is 6. The van der Waals surface area contributed by atoms with E-state index in [4.69, 9.17) is 10.6 Å². The van der Waals surface area contributed by atoms with Gasteiger partial charge in [-0.15, -0.1) is 10.2 Å². The third kappa shape index (κ3) is 3.38. The lowest BCUT2D eigenvalue weighted by Gasteiger charge is -2.02. The fourth-order valence-electron chi connectivity index (χ4n) is 0.952. The van der Waals surface area contributed by atoms with Gasteiger partial charge in [0.05, 0.1) is 19.5 Å². The molecule has 0 fully saturated rings. The molecule has 90 valence electrons. The second-order valence-electron chi connectivity index (χ2n) is 2.88. The number of esters is 1. The molecule has 8 heteroatoms. The first-order valence-corrected chi connectivity index (χ1v) is 5.55. The number of methoxy groups -OCH3 is 2. The SMILES string of the molecule is COCCc1nnc(SCC(=O)OC)n1N. The third-order valence-corrected chi connectivity index (χ3v) is 2.73. The van der Waals surface area contributed by atoms with E-state index >= 15 is 0 Å². The summed E-state index contributed by atoms with van der Waals surface area (Å²) >= 11 is 1.18. The number of aromatic nitrogens is 3. The smallest absolute Gasteiger partial charge is 0.316 e. The van der Waals surface area contributed by atoms with Crippen LogP contribution in [0.2, 0.25) is 0 Å². The average molecular weight is 246 g/mol. The Morgan fingerprint density at radius 3 is 2.88 bits per heavy atom. The zero-order chi connectivity index (χ0) is 12.0. The second kappa shape index (κ2) is 6.33. The van der Waals surface area contributed by atoms with Crippen LogP contribution in [0.4, 0.5) is 0 Å². The van der Waals surface area contributed by atoms with Crippen LogP contribution in [0.3, 0.4) is 0 Å². The van der Waals surface area contributed by atoms with Crippen LogP contribution in [-0.2, 0) is 20.7 Å². The summed E-state index contributed by atoms with van der Waals surface area (Å²) in [6, 6.07) is 0. The Morgan fingerprint density at radius 2 is 2.25 bits per heavy atom. The summed E-state index contributed by atoms with van der Waals surface area (Å²) in [6.45, 7) is 0.525. The van der Waals surface area contributed by atoms with Gasteiger partial charge in [0.25, 0.3) is 0 Å². The van der Waals surface area contributed by atoms with Crippen molar-refractivity contribution in [2.45, 2.75) is 11.6 Å². The van der Waals surface area contributed by atoms with Gasteiger partial charge in [-0.25, -0.2) is 4.68 Å². The lowest BCUT2D eigenvalue weighted by molar-refractivity contribution is -0.137. The summed E-state index contributed by atoms with van der Waals surface area (Å²) < 4.78 is 10.8. The highest BCUT2D eigenvalue weighted by molar-refractivity contribution is 7.99. The summed E-state index contributed by atoms with van der Waals surface area (Å²) in [7, 11) is 2.93. The van der Waals surface area contributed by atoms with Crippen LogP contribution in [0.15, 0.2) is 5.16 Å². The Balaban J connectivity index is 2.54. The first-order valence-electron chi connectivity index (χ1n) is 4.57. The zero-order valence-electron chi connectivity index (χ0n) is 9.17. The van der Waals surface area contributed by atoms with Crippen molar-refractivity contribution >= 4 is 17.7 Å². The van der Waals surface area contributed by atoms with Crippen LogP contribution in [0, 0.1) is 0 Å². The highest BCUT2D eigenvalue weighted by Crippen LogP contribution is 2.14. The van der Waals surface area contributed by atoms with E-state index in [0.29, 0.717) is 24.0 Å². The van der Waals surface area contributed by atoms with Crippen LogP contribution < -0.4 is 5.84 Å². The summed E-state index contributed by atoms with van der Waals surface area (Å²) in [5.41, 5.74) is 0. The largest absolute Gasteiger partial charge is 0.468 e. The topological polar surface area (TPSA) is 92.3 Å². The summed E-state index contributed by atoms with van der Waals surface area (Å²) in [5.74, 6) is 6.19.